The van der Waals surface area contributed by atoms with Gasteiger partial charge in [-0.3, -0.25) is 0 Å². The van der Waals surface area contributed by atoms with Gasteiger partial charge in [-0.25, -0.2) is 4.79 Å². The number of carbonyl (C=O) groups excluding carboxylic acids is 1. The number of nitrogens with one attached hydrogen (secondary N) is 2. The third-order valence-corrected chi connectivity index (χ3v) is 4.23. The quantitative estimate of drug-likeness (QED) is 0.573. The van der Waals surface area contributed by atoms with Crippen molar-refractivity contribution in [3.05, 3.63) is 59.7 Å². The van der Waals surface area contributed by atoms with E-state index in [4.69, 9.17) is 12.2 Å². The zero-order valence-electron chi connectivity index (χ0n) is 15.4. The maximum Gasteiger partial charge on any atom is 0.337 e. The van der Waals surface area contributed by atoms with Gasteiger partial charge in [0.1, 0.15) is 0 Å². The van der Waals surface area contributed by atoms with Crippen molar-refractivity contribution in [2.24, 2.45) is 0 Å². The number of thiocarbonyl (C=S) groups is 1. The van der Waals surface area contributed by atoms with Gasteiger partial charge in [-0.05, 0) is 68.0 Å². The number of rotatable bonds is 7. The van der Waals surface area contributed by atoms with Crippen LogP contribution in [0, 0.1) is 6.92 Å². The number of nitrogens with zero attached hydrogens (tertiary/aromatic N) is 1. The smallest absolute Gasteiger partial charge is 0.337 e. The second-order valence-corrected chi connectivity index (χ2v) is 6.28. The Morgan fingerprint density at radius 1 is 1.19 bits per heavy atom. The number of anilines is 2. The number of benzene rings is 2. The summed E-state index contributed by atoms with van der Waals surface area (Å²) in [4.78, 5) is 13.7. The van der Waals surface area contributed by atoms with E-state index in [2.05, 4.69) is 58.4 Å². The molecule has 0 aliphatic heterocycles. The minimum atomic E-state index is -0.354. The Morgan fingerprint density at radius 2 is 1.92 bits per heavy atom. The molecule has 0 saturated carbocycles. The molecule has 0 amide bonds. The number of esters is 1. The number of ether oxygens (including phenoxy) is 1. The first-order valence-corrected chi connectivity index (χ1v) is 8.99. The molecular formula is C20H25N3O2S. The highest BCUT2D eigenvalue weighted by molar-refractivity contribution is 7.80. The normalized spacial score (nSPS) is 10.1. The summed E-state index contributed by atoms with van der Waals surface area (Å²) in [5.74, 6) is -0.354. The first-order chi connectivity index (χ1) is 12.5. The Bertz CT molecular complexity index is 747. The van der Waals surface area contributed by atoms with Crippen molar-refractivity contribution in [3.8, 4) is 0 Å². The molecule has 5 nitrogen and oxygen atoms in total. The van der Waals surface area contributed by atoms with Crippen LogP contribution in [0.25, 0.3) is 0 Å². The molecule has 2 N–H and O–H groups in total. The summed E-state index contributed by atoms with van der Waals surface area (Å²) in [6.45, 7) is 6.75. The second-order valence-electron chi connectivity index (χ2n) is 5.87. The standard InChI is InChI=1S/C20H25N3O2S/c1-4-23(18-7-5-6-15(2)14-18)13-12-21-20(26)22-17-10-8-16(9-11-17)19(24)25-3/h5-11,14H,4,12-13H2,1-3H3,(H2,21,22,26). The largest absolute Gasteiger partial charge is 0.465 e. The molecule has 2 rings (SSSR count). The zero-order chi connectivity index (χ0) is 18.9. The third kappa shape index (κ3) is 5.74. The van der Waals surface area contributed by atoms with Crippen LogP contribution < -0.4 is 15.5 Å². The molecule has 0 heterocycles. The van der Waals surface area contributed by atoms with Crippen LogP contribution in [0.1, 0.15) is 22.8 Å². The van der Waals surface area contributed by atoms with Crippen LogP contribution in [0.15, 0.2) is 48.5 Å². The van der Waals surface area contributed by atoms with E-state index in [0.29, 0.717) is 10.7 Å². The fourth-order valence-electron chi connectivity index (χ4n) is 2.58. The van der Waals surface area contributed by atoms with Gasteiger partial charge < -0.3 is 20.3 Å². The van der Waals surface area contributed by atoms with Gasteiger partial charge in [0.15, 0.2) is 5.11 Å². The van der Waals surface area contributed by atoms with E-state index in [9.17, 15) is 4.79 Å². The average Bonchev–Trinajstić information content (AvgIpc) is 2.65. The van der Waals surface area contributed by atoms with E-state index >= 15 is 0 Å². The first-order valence-electron chi connectivity index (χ1n) is 8.58. The van der Waals surface area contributed by atoms with Gasteiger partial charge in [0.05, 0.1) is 12.7 Å². The zero-order valence-corrected chi connectivity index (χ0v) is 16.2. The topological polar surface area (TPSA) is 53.6 Å². The Kier molecular flexibility index (Phi) is 7.41. The van der Waals surface area contributed by atoms with E-state index < -0.39 is 0 Å². The summed E-state index contributed by atoms with van der Waals surface area (Å²) in [6, 6.07) is 15.5. The van der Waals surface area contributed by atoms with Gasteiger partial charge in [0.25, 0.3) is 0 Å². The molecule has 0 saturated heterocycles. The molecule has 0 fully saturated rings. The molecule has 2 aromatic carbocycles. The number of likely N-dealkylation sites (N-methyl/N-ethyl adjacent to an activating group) is 1. The fraction of sp³-hybridized carbons (Fsp3) is 0.300. The van der Waals surface area contributed by atoms with Gasteiger partial charge in [-0.2, -0.15) is 0 Å². The van der Waals surface area contributed by atoms with E-state index in [1.54, 1.807) is 24.3 Å². The summed E-state index contributed by atoms with van der Waals surface area (Å²) < 4.78 is 4.69. The van der Waals surface area contributed by atoms with Crippen LogP contribution in [0.5, 0.6) is 0 Å². The second kappa shape index (κ2) is 9.77. The maximum atomic E-state index is 11.4. The lowest BCUT2D eigenvalue weighted by Gasteiger charge is -2.24. The Morgan fingerprint density at radius 3 is 2.54 bits per heavy atom. The van der Waals surface area contributed by atoms with Crippen LogP contribution >= 0.6 is 12.2 Å². The van der Waals surface area contributed by atoms with Crippen LogP contribution in [0.3, 0.4) is 0 Å². The summed E-state index contributed by atoms with van der Waals surface area (Å²) in [5, 5.41) is 6.88. The highest BCUT2D eigenvalue weighted by Crippen LogP contribution is 2.15. The Labute approximate surface area is 160 Å². The van der Waals surface area contributed by atoms with E-state index in [1.165, 1.54) is 18.4 Å². The summed E-state index contributed by atoms with van der Waals surface area (Å²) in [5.41, 5.74) is 3.79. The average molecular weight is 372 g/mol. The Balaban J connectivity index is 1.81. The number of methoxy groups -OCH3 is 1. The van der Waals surface area contributed by atoms with Gasteiger partial charge >= 0.3 is 5.97 Å². The minimum Gasteiger partial charge on any atom is -0.465 e. The van der Waals surface area contributed by atoms with E-state index in [1.807, 2.05) is 0 Å². The lowest BCUT2D eigenvalue weighted by atomic mass is 10.2. The molecule has 0 atom stereocenters. The maximum absolute atomic E-state index is 11.4. The van der Waals surface area contributed by atoms with E-state index in [0.717, 1.165) is 25.3 Å². The summed E-state index contributed by atoms with van der Waals surface area (Å²) in [7, 11) is 1.36. The van der Waals surface area contributed by atoms with Crippen molar-refractivity contribution in [2.75, 3.05) is 37.0 Å². The molecule has 26 heavy (non-hydrogen) atoms. The molecule has 0 aliphatic carbocycles. The molecule has 0 unspecified atom stereocenters. The van der Waals surface area contributed by atoms with Crippen LogP contribution in [0.2, 0.25) is 0 Å². The van der Waals surface area contributed by atoms with Crippen molar-refractivity contribution in [2.45, 2.75) is 13.8 Å². The highest BCUT2D eigenvalue weighted by Gasteiger charge is 2.06. The van der Waals surface area contributed by atoms with E-state index in [-0.39, 0.29) is 5.97 Å². The number of hydrogen-bond donors (Lipinski definition) is 2. The molecule has 0 aromatic heterocycles. The third-order valence-electron chi connectivity index (χ3n) is 3.98. The molecular weight excluding hydrogens is 346 g/mol. The Hall–Kier alpha value is -2.60. The number of hydrogen-bond acceptors (Lipinski definition) is 4. The van der Waals surface area contributed by atoms with Gasteiger partial charge in [-0.15, -0.1) is 0 Å². The molecule has 138 valence electrons. The SMILES string of the molecule is CCN(CCNC(=S)Nc1ccc(C(=O)OC)cc1)c1cccc(C)c1. The lowest BCUT2D eigenvalue weighted by Crippen LogP contribution is -2.36. The number of aryl methyl sites for hydroxylation is 1. The van der Waals surface area contributed by atoms with Crippen LogP contribution in [-0.4, -0.2) is 37.8 Å². The van der Waals surface area contributed by atoms with Crippen molar-refractivity contribution < 1.29 is 9.53 Å². The van der Waals surface area contributed by atoms with Crippen molar-refractivity contribution in [1.29, 1.82) is 0 Å². The monoisotopic (exact) mass is 371 g/mol. The molecule has 2 aromatic rings. The van der Waals surface area contributed by atoms with Crippen LogP contribution in [0.4, 0.5) is 11.4 Å². The fourth-order valence-corrected chi connectivity index (χ4v) is 2.80. The first kappa shape index (κ1) is 19.7. The van der Waals surface area contributed by atoms with Gasteiger partial charge in [-0.1, -0.05) is 12.1 Å². The highest BCUT2D eigenvalue weighted by atomic mass is 32.1. The number of carbonyl (C=O) groups is 1. The minimum absolute atomic E-state index is 0.354. The van der Waals surface area contributed by atoms with Crippen molar-refractivity contribution >= 4 is 34.7 Å². The molecule has 6 heteroatoms. The van der Waals surface area contributed by atoms with Gasteiger partial charge in [0, 0.05) is 31.0 Å². The van der Waals surface area contributed by atoms with Gasteiger partial charge in [0.2, 0.25) is 0 Å². The molecule has 0 radical (unpaired) electrons. The lowest BCUT2D eigenvalue weighted by molar-refractivity contribution is 0.0601. The summed E-state index contributed by atoms with van der Waals surface area (Å²) in [6.07, 6.45) is 0. The van der Waals surface area contributed by atoms with Crippen molar-refractivity contribution in [3.63, 3.8) is 0 Å². The molecule has 0 aliphatic rings. The summed E-state index contributed by atoms with van der Waals surface area (Å²) >= 11 is 5.34. The molecule has 0 bridgehead atoms. The predicted molar refractivity (Wildman–Crippen MR) is 111 cm³/mol. The predicted octanol–water partition coefficient (Wildman–Crippen LogP) is 3.59. The van der Waals surface area contributed by atoms with Crippen LogP contribution in [-0.2, 0) is 4.74 Å². The van der Waals surface area contributed by atoms with Crippen molar-refractivity contribution in [1.82, 2.24) is 5.32 Å². The molecule has 0 spiro atoms.